The molecule has 0 saturated heterocycles. The van der Waals surface area contributed by atoms with Gasteiger partial charge in [-0.05, 0) is 5.92 Å². The zero-order valence-corrected chi connectivity index (χ0v) is 9.00. The number of carbonyl (C=O) groups is 1. The third-order valence-electron chi connectivity index (χ3n) is 1.81. The third-order valence-corrected chi connectivity index (χ3v) is 1.81. The molecule has 0 aliphatic heterocycles. The van der Waals surface area contributed by atoms with Gasteiger partial charge in [-0.15, -0.1) is 0 Å². The number of hydrogen-bond acceptors (Lipinski definition) is 3. The summed E-state index contributed by atoms with van der Waals surface area (Å²) in [6, 6.07) is -0.569. The highest BCUT2D eigenvalue weighted by molar-refractivity contribution is 5.81. The molecule has 90 valence electrons. The Morgan fingerprint density at radius 2 is 2.07 bits per heavy atom. The molecular formula is C9H18F2N2O2. The molecule has 0 radical (unpaired) electrons. The fourth-order valence-corrected chi connectivity index (χ4v) is 0.839. The van der Waals surface area contributed by atoms with E-state index in [0.29, 0.717) is 0 Å². The number of nitrogens with one attached hydrogen (secondary N) is 1. The van der Waals surface area contributed by atoms with Gasteiger partial charge >= 0.3 is 0 Å². The fourth-order valence-electron chi connectivity index (χ4n) is 0.839. The van der Waals surface area contributed by atoms with E-state index in [1.165, 1.54) is 0 Å². The Hall–Kier alpha value is -0.750. The summed E-state index contributed by atoms with van der Waals surface area (Å²) in [5.74, 6) is -0.238. The van der Waals surface area contributed by atoms with Crippen molar-refractivity contribution in [2.24, 2.45) is 11.7 Å². The highest BCUT2D eigenvalue weighted by Gasteiger charge is 2.16. The van der Waals surface area contributed by atoms with Crippen molar-refractivity contribution in [3.05, 3.63) is 0 Å². The molecule has 0 heterocycles. The molecule has 1 amide bonds. The van der Waals surface area contributed by atoms with E-state index < -0.39 is 19.1 Å². The summed E-state index contributed by atoms with van der Waals surface area (Å²) >= 11 is 0. The molecule has 0 aliphatic carbocycles. The van der Waals surface area contributed by atoms with Crippen LogP contribution in [0, 0.1) is 5.92 Å². The molecule has 4 nitrogen and oxygen atoms in total. The van der Waals surface area contributed by atoms with E-state index in [2.05, 4.69) is 10.1 Å². The van der Waals surface area contributed by atoms with Crippen LogP contribution in [0.3, 0.4) is 0 Å². The first kappa shape index (κ1) is 14.2. The van der Waals surface area contributed by atoms with Crippen molar-refractivity contribution in [2.75, 3.05) is 19.8 Å². The number of nitrogens with two attached hydrogens (primary N) is 1. The van der Waals surface area contributed by atoms with Gasteiger partial charge in [-0.2, -0.15) is 0 Å². The minimum atomic E-state index is -2.47. The molecule has 6 heteroatoms. The van der Waals surface area contributed by atoms with Crippen LogP contribution in [0.15, 0.2) is 0 Å². The summed E-state index contributed by atoms with van der Waals surface area (Å²) in [7, 11) is 0. The monoisotopic (exact) mass is 224 g/mol. The SMILES string of the molecule is CC(C)[C@@H](N)C(=O)NCCOCC(F)F. The van der Waals surface area contributed by atoms with E-state index in [-0.39, 0.29) is 25.0 Å². The Morgan fingerprint density at radius 1 is 1.47 bits per heavy atom. The Balaban J connectivity index is 3.47. The number of hydrogen-bond donors (Lipinski definition) is 2. The summed E-state index contributed by atoms with van der Waals surface area (Å²) in [6.45, 7) is 3.33. The lowest BCUT2D eigenvalue weighted by Gasteiger charge is -2.15. The van der Waals surface area contributed by atoms with Gasteiger partial charge in [-0.25, -0.2) is 8.78 Å². The van der Waals surface area contributed by atoms with Crippen LogP contribution in [0.5, 0.6) is 0 Å². The number of halogens is 2. The lowest BCUT2D eigenvalue weighted by Crippen LogP contribution is -2.44. The molecule has 0 bridgehead atoms. The lowest BCUT2D eigenvalue weighted by atomic mass is 10.1. The predicted molar refractivity (Wildman–Crippen MR) is 52.6 cm³/mol. The van der Waals surface area contributed by atoms with E-state index in [1.54, 1.807) is 0 Å². The van der Waals surface area contributed by atoms with E-state index in [4.69, 9.17) is 5.73 Å². The molecule has 0 aromatic carbocycles. The van der Waals surface area contributed by atoms with Crippen LogP contribution in [0.25, 0.3) is 0 Å². The van der Waals surface area contributed by atoms with Gasteiger partial charge in [0.25, 0.3) is 6.43 Å². The van der Waals surface area contributed by atoms with Crippen molar-refractivity contribution in [1.82, 2.24) is 5.32 Å². The molecule has 0 rings (SSSR count). The van der Waals surface area contributed by atoms with Crippen molar-refractivity contribution in [2.45, 2.75) is 26.3 Å². The Labute approximate surface area is 88.2 Å². The van der Waals surface area contributed by atoms with Gasteiger partial charge in [0, 0.05) is 6.54 Å². The average Bonchev–Trinajstić information content (AvgIpc) is 2.15. The van der Waals surface area contributed by atoms with E-state index >= 15 is 0 Å². The third kappa shape index (κ3) is 7.21. The quantitative estimate of drug-likeness (QED) is 0.614. The first-order valence-corrected chi connectivity index (χ1v) is 4.84. The van der Waals surface area contributed by atoms with Crippen molar-refractivity contribution in [3.63, 3.8) is 0 Å². The smallest absolute Gasteiger partial charge is 0.261 e. The van der Waals surface area contributed by atoms with Gasteiger partial charge in [0.2, 0.25) is 5.91 Å². The van der Waals surface area contributed by atoms with Crippen LogP contribution >= 0.6 is 0 Å². The molecule has 0 aliphatic rings. The normalized spacial score (nSPS) is 13.3. The van der Waals surface area contributed by atoms with Gasteiger partial charge in [-0.3, -0.25) is 4.79 Å². The van der Waals surface area contributed by atoms with Crippen molar-refractivity contribution in [3.8, 4) is 0 Å². The van der Waals surface area contributed by atoms with Crippen molar-refractivity contribution in [1.29, 1.82) is 0 Å². The Bertz CT molecular complexity index is 189. The number of amides is 1. The lowest BCUT2D eigenvalue weighted by molar-refractivity contribution is -0.123. The zero-order chi connectivity index (χ0) is 11.8. The molecule has 15 heavy (non-hydrogen) atoms. The highest BCUT2D eigenvalue weighted by atomic mass is 19.3. The molecule has 0 aromatic heterocycles. The van der Waals surface area contributed by atoms with Gasteiger partial charge in [0.15, 0.2) is 0 Å². The molecule has 0 saturated carbocycles. The van der Waals surface area contributed by atoms with E-state index in [9.17, 15) is 13.6 Å². The van der Waals surface area contributed by atoms with Gasteiger partial charge in [-0.1, -0.05) is 13.8 Å². The second kappa shape index (κ2) is 7.53. The van der Waals surface area contributed by atoms with Gasteiger partial charge in [0.05, 0.1) is 12.6 Å². The molecule has 0 unspecified atom stereocenters. The maximum Gasteiger partial charge on any atom is 0.261 e. The second-order valence-electron chi connectivity index (χ2n) is 3.53. The molecule has 0 aromatic rings. The van der Waals surface area contributed by atoms with Gasteiger partial charge < -0.3 is 15.8 Å². The molecule has 0 fully saturated rings. The summed E-state index contributed by atoms with van der Waals surface area (Å²) < 4.78 is 27.8. The largest absolute Gasteiger partial charge is 0.374 e. The molecule has 0 spiro atoms. The number of carbonyl (C=O) groups excluding carboxylic acids is 1. The minimum Gasteiger partial charge on any atom is -0.374 e. The van der Waals surface area contributed by atoms with Crippen molar-refractivity contribution < 1.29 is 18.3 Å². The maximum atomic E-state index is 11.6. The van der Waals surface area contributed by atoms with E-state index in [1.807, 2.05) is 13.8 Å². The van der Waals surface area contributed by atoms with Crippen LogP contribution in [0.2, 0.25) is 0 Å². The highest BCUT2D eigenvalue weighted by Crippen LogP contribution is 1.97. The summed E-state index contributed by atoms with van der Waals surface area (Å²) in [4.78, 5) is 11.2. The Morgan fingerprint density at radius 3 is 2.53 bits per heavy atom. The standard InChI is InChI=1S/C9H18F2N2O2/c1-6(2)8(12)9(14)13-3-4-15-5-7(10)11/h6-8H,3-5,12H2,1-2H3,(H,13,14)/t8-/m1/s1. The maximum absolute atomic E-state index is 11.6. The van der Waals surface area contributed by atoms with Crippen LogP contribution < -0.4 is 11.1 Å². The first-order valence-electron chi connectivity index (χ1n) is 4.84. The predicted octanol–water partition coefficient (Wildman–Crippen LogP) is 0.368. The second-order valence-corrected chi connectivity index (χ2v) is 3.53. The topological polar surface area (TPSA) is 64.4 Å². The molecule has 3 N–H and O–H groups in total. The number of ether oxygens (including phenoxy) is 1. The van der Waals surface area contributed by atoms with Crippen LogP contribution in [-0.2, 0) is 9.53 Å². The van der Waals surface area contributed by atoms with Crippen LogP contribution in [0.1, 0.15) is 13.8 Å². The van der Waals surface area contributed by atoms with Gasteiger partial charge in [0.1, 0.15) is 6.61 Å². The summed E-state index contributed by atoms with van der Waals surface area (Å²) in [6.07, 6.45) is -2.47. The first-order chi connectivity index (χ1) is 6.95. The van der Waals surface area contributed by atoms with Crippen LogP contribution in [-0.4, -0.2) is 38.1 Å². The van der Waals surface area contributed by atoms with E-state index in [0.717, 1.165) is 0 Å². The van der Waals surface area contributed by atoms with Crippen LogP contribution in [0.4, 0.5) is 8.78 Å². The molecule has 1 atom stereocenters. The minimum absolute atomic E-state index is 0.0481. The zero-order valence-electron chi connectivity index (χ0n) is 9.00. The number of rotatable bonds is 7. The summed E-state index contributed by atoms with van der Waals surface area (Å²) in [5.41, 5.74) is 5.55. The Kier molecular flexibility index (Phi) is 7.15. The molecular weight excluding hydrogens is 206 g/mol. The average molecular weight is 224 g/mol. The van der Waals surface area contributed by atoms with Crippen molar-refractivity contribution >= 4 is 5.91 Å². The fraction of sp³-hybridized carbons (Fsp3) is 0.889. The number of alkyl halides is 2. The summed E-state index contributed by atoms with van der Waals surface area (Å²) in [5, 5.41) is 2.50.